The topological polar surface area (TPSA) is 98.9 Å². The molecule has 1 spiro atoms. The van der Waals surface area contributed by atoms with Crippen molar-refractivity contribution in [3.05, 3.63) is 65.2 Å². The molecule has 0 radical (unpaired) electrons. The lowest BCUT2D eigenvalue weighted by atomic mass is 9.64. The van der Waals surface area contributed by atoms with Gasteiger partial charge in [-0.1, -0.05) is 24.3 Å². The van der Waals surface area contributed by atoms with Crippen molar-refractivity contribution in [1.29, 1.82) is 0 Å². The van der Waals surface area contributed by atoms with Gasteiger partial charge in [0, 0.05) is 30.6 Å². The van der Waals surface area contributed by atoms with Gasteiger partial charge in [-0.05, 0) is 19.4 Å². The molecule has 1 aliphatic carbocycles. The first-order valence-corrected chi connectivity index (χ1v) is 9.62. The van der Waals surface area contributed by atoms with Crippen LogP contribution >= 0.6 is 0 Å². The van der Waals surface area contributed by atoms with Crippen LogP contribution in [0.15, 0.2) is 59.6 Å². The highest BCUT2D eigenvalue weighted by Gasteiger charge is 2.63. The quantitative estimate of drug-likeness (QED) is 0.617. The number of allylic oxidation sites excluding steroid dienone is 1. The summed E-state index contributed by atoms with van der Waals surface area (Å²) in [6.45, 7) is 5.85. The van der Waals surface area contributed by atoms with Gasteiger partial charge >= 0.3 is 11.9 Å². The predicted octanol–water partition coefficient (Wildman–Crippen LogP) is 2.23. The zero-order valence-corrected chi connectivity index (χ0v) is 16.2. The number of rotatable bonds is 4. The highest BCUT2D eigenvalue weighted by molar-refractivity contribution is 6.18. The summed E-state index contributed by atoms with van der Waals surface area (Å²) in [4.78, 5) is 41.2. The summed E-state index contributed by atoms with van der Waals surface area (Å²) in [5.41, 5.74) is 6.01. The number of fused-ring (bicyclic) bond motifs is 3. The van der Waals surface area contributed by atoms with Gasteiger partial charge in [0.2, 0.25) is 0 Å². The number of carbonyl (C=O) groups is 3. The van der Waals surface area contributed by atoms with E-state index >= 15 is 0 Å². The number of hydrogen-bond acceptors (Lipinski definition) is 7. The zero-order valence-electron chi connectivity index (χ0n) is 16.2. The first-order chi connectivity index (χ1) is 14.0. The summed E-state index contributed by atoms with van der Waals surface area (Å²) < 4.78 is 10.8. The van der Waals surface area contributed by atoms with Gasteiger partial charge in [-0.2, -0.15) is 0 Å². The number of ether oxygens (including phenoxy) is 2. The fraction of sp³-hybridized carbons (Fsp3) is 0.318. The van der Waals surface area contributed by atoms with Crippen molar-refractivity contribution in [2.45, 2.75) is 31.6 Å². The Hall–Kier alpha value is -3.35. The Bertz CT molecular complexity index is 1010. The summed E-state index contributed by atoms with van der Waals surface area (Å²) in [7, 11) is 0. The molecule has 1 aromatic rings. The van der Waals surface area contributed by atoms with E-state index in [-0.39, 0.29) is 35.8 Å². The van der Waals surface area contributed by atoms with Gasteiger partial charge in [-0.15, -0.1) is 6.58 Å². The molecule has 0 amide bonds. The van der Waals surface area contributed by atoms with Gasteiger partial charge in [0.05, 0.1) is 12.2 Å². The average Bonchev–Trinajstić information content (AvgIpc) is 2.99. The SMILES string of the molecule is C=CCN1C(N)=C(C(=O)OCC)C2(C(=O)OC3=C2C(=O)CCC3)c2ccccc21. The second-order valence-corrected chi connectivity index (χ2v) is 7.11. The van der Waals surface area contributed by atoms with Gasteiger partial charge in [0.25, 0.3) is 0 Å². The third-order valence-electron chi connectivity index (χ3n) is 5.57. The van der Waals surface area contributed by atoms with Crippen molar-refractivity contribution in [2.75, 3.05) is 18.1 Å². The van der Waals surface area contributed by atoms with Crippen LogP contribution in [0.4, 0.5) is 5.69 Å². The first kappa shape index (κ1) is 19.0. The fourth-order valence-corrected chi connectivity index (χ4v) is 4.50. The molecule has 0 bridgehead atoms. The minimum Gasteiger partial charge on any atom is -0.462 e. The Labute approximate surface area is 168 Å². The summed E-state index contributed by atoms with van der Waals surface area (Å²) in [5.74, 6) is -1.25. The molecule has 1 unspecified atom stereocenters. The summed E-state index contributed by atoms with van der Waals surface area (Å²) in [6, 6.07) is 7.10. The first-order valence-electron chi connectivity index (χ1n) is 9.62. The molecular weight excluding hydrogens is 372 g/mol. The molecule has 29 heavy (non-hydrogen) atoms. The van der Waals surface area contributed by atoms with E-state index in [0.717, 1.165) is 0 Å². The number of Topliss-reactive ketones (excluding diaryl/α,β-unsaturated/α-hetero) is 1. The molecule has 7 heteroatoms. The maximum absolute atomic E-state index is 13.4. The molecule has 2 aliphatic heterocycles. The van der Waals surface area contributed by atoms with Gasteiger partial charge in [0.15, 0.2) is 11.2 Å². The highest BCUT2D eigenvalue weighted by Crippen LogP contribution is 2.55. The van der Waals surface area contributed by atoms with E-state index in [1.807, 2.05) is 6.07 Å². The molecule has 2 heterocycles. The largest absolute Gasteiger partial charge is 0.462 e. The lowest BCUT2D eigenvalue weighted by molar-refractivity contribution is -0.146. The van der Waals surface area contributed by atoms with Crippen LogP contribution in [-0.2, 0) is 29.3 Å². The van der Waals surface area contributed by atoms with E-state index < -0.39 is 17.4 Å². The molecule has 0 aromatic heterocycles. The molecule has 1 aromatic carbocycles. The average molecular weight is 394 g/mol. The van der Waals surface area contributed by atoms with Crippen molar-refractivity contribution in [2.24, 2.45) is 5.73 Å². The maximum Gasteiger partial charge on any atom is 0.339 e. The van der Waals surface area contributed by atoms with Crippen LogP contribution in [0.2, 0.25) is 0 Å². The summed E-state index contributed by atoms with van der Waals surface area (Å²) >= 11 is 0. The molecule has 1 atom stereocenters. The standard InChI is InChI=1S/C22H22N2O5/c1-3-12-24-14-9-6-5-8-13(14)22(18(19(24)23)20(26)28-4-2)17-15(25)10-7-11-16(17)29-21(22)27/h3,5-6,8-9H,1,4,7,10-12,23H2,2H3. The zero-order chi connectivity index (χ0) is 20.8. The minimum atomic E-state index is -1.71. The van der Waals surface area contributed by atoms with Crippen LogP contribution in [0.5, 0.6) is 0 Å². The molecule has 0 fully saturated rings. The van der Waals surface area contributed by atoms with E-state index in [1.54, 1.807) is 36.1 Å². The number of carbonyl (C=O) groups excluding carboxylic acids is 3. The van der Waals surface area contributed by atoms with E-state index in [0.29, 0.717) is 36.4 Å². The molecule has 2 N–H and O–H groups in total. The Kier molecular flexibility index (Phi) is 4.53. The molecule has 0 saturated carbocycles. The lowest BCUT2D eigenvalue weighted by Gasteiger charge is -2.41. The second-order valence-electron chi connectivity index (χ2n) is 7.11. The van der Waals surface area contributed by atoms with Crippen molar-refractivity contribution in [1.82, 2.24) is 0 Å². The van der Waals surface area contributed by atoms with E-state index in [1.165, 1.54) is 0 Å². The lowest BCUT2D eigenvalue weighted by Crippen LogP contribution is -2.50. The molecule has 150 valence electrons. The number of nitrogens with two attached hydrogens (primary N) is 1. The van der Waals surface area contributed by atoms with Crippen molar-refractivity contribution < 1.29 is 23.9 Å². The third kappa shape index (κ3) is 2.46. The van der Waals surface area contributed by atoms with Crippen LogP contribution < -0.4 is 10.6 Å². The predicted molar refractivity (Wildman–Crippen MR) is 105 cm³/mol. The molecule has 4 rings (SSSR count). The van der Waals surface area contributed by atoms with Crippen LogP contribution in [0.25, 0.3) is 0 Å². The number of nitrogens with zero attached hydrogens (tertiary/aromatic N) is 1. The number of anilines is 1. The maximum atomic E-state index is 13.4. The van der Waals surface area contributed by atoms with Crippen molar-refractivity contribution >= 4 is 23.4 Å². The summed E-state index contributed by atoms with van der Waals surface area (Å²) in [5, 5.41) is 0. The molecule has 7 nitrogen and oxygen atoms in total. The van der Waals surface area contributed by atoms with Crippen LogP contribution in [0, 0.1) is 0 Å². The van der Waals surface area contributed by atoms with Gasteiger partial charge < -0.3 is 20.1 Å². The number of benzene rings is 1. The number of esters is 2. The number of ketones is 1. The van der Waals surface area contributed by atoms with Crippen molar-refractivity contribution in [3.8, 4) is 0 Å². The van der Waals surface area contributed by atoms with Crippen LogP contribution in [0.3, 0.4) is 0 Å². The fourth-order valence-electron chi connectivity index (χ4n) is 4.50. The Balaban J connectivity index is 2.11. The van der Waals surface area contributed by atoms with E-state index in [9.17, 15) is 14.4 Å². The molecular formula is C22H22N2O5. The van der Waals surface area contributed by atoms with Gasteiger partial charge in [-0.3, -0.25) is 4.79 Å². The highest BCUT2D eigenvalue weighted by atomic mass is 16.5. The minimum absolute atomic E-state index is 0.0612. The van der Waals surface area contributed by atoms with Gasteiger partial charge in [0.1, 0.15) is 17.2 Å². The smallest absolute Gasteiger partial charge is 0.339 e. The Morgan fingerprint density at radius 1 is 1.34 bits per heavy atom. The monoisotopic (exact) mass is 394 g/mol. The molecule has 0 saturated heterocycles. The Morgan fingerprint density at radius 3 is 2.83 bits per heavy atom. The number of hydrogen-bond donors (Lipinski definition) is 1. The normalized spacial score (nSPS) is 23.1. The molecule has 3 aliphatic rings. The summed E-state index contributed by atoms with van der Waals surface area (Å²) in [6.07, 6.45) is 2.99. The number of para-hydroxylation sites is 1. The second kappa shape index (κ2) is 6.92. The van der Waals surface area contributed by atoms with E-state index in [4.69, 9.17) is 15.2 Å². The van der Waals surface area contributed by atoms with Crippen LogP contribution in [-0.4, -0.2) is 30.9 Å². The van der Waals surface area contributed by atoms with Gasteiger partial charge in [-0.25, -0.2) is 9.59 Å². The Morgan fingerprint density at radius 2 is 2.10 bits per heavy atom. The third-order valence-corrected chi connectivity index (χ3v) is 5.57. The van der Waals surface area contributed by atoms with Crippen LogP contribution in [0.1, 0.15) is 31.7 Å². The van der Waals surface area contributed by atoms with Crippen molar-refractivity contribution in [3.63, 3.8) is 0 Å². The van der Waals surface area contributed by atoms with E-state index in [2.05, 4.69) is 6.58 Å².